The Kier molecular flexibility index (Phi) is 3.30. The molecule has 0 aliphatic heterocycles. The first-order valence-corrected chi connectivity index (χ1v) is 8.02. The molecule has 0 atom stereocenters. The fourth-order valence-corrected chi connectivity index (χ4v) is 2.84. The van der Waals surface area contributed by atoms with Crippen molar-refractivity contribution in [3.8, 4) is 0 Å². The lowest BCUT2D eigenvalue weighted by molar-refractivity contribution is 0.0850. The number of nitrogen functional groups attached to an aromatic ring is 1. The monoisotopic (exact) mass is 282 g/mol. The summed E-state index contributed by atoms with van der Waals surface area (Å²) in [6.45, 7) is 1.98. The van der Waals surface area contributed by atoms with E-state index in [1.165, 1.54) is 18.2 Å². The van der Waals surface area contributed by atoms with Crippen LogP contribution in [0.15, 0.2) is 23.1 Å². The van der Waals surface area contributed by atoms with Gasteiger partial charge in [0.15, 0.2) is 9.84 Å². The summed E-state index contributed by atoms with van der Waals surface area (Å²) in [6.07, 6.45) is 4.08. The van der Waals surface area contributed by atoms with E-state index in [1.54, 1.807) is 0 Å². The Balaban J connectivity index is 2.29. The van der Waals surface area contributed by atoms with Gasteiger partial charge >= 0.3 is 0 Å². The van der Waals surface area contributed by atoms with Gasteiger partial charge in [-0.3, -0.25) is 4.79 Å². The topological polar surface area (TPSA) is 89.3 Å². The molecule has 0 heterocycles. The predicted molar refractivity (Wildman–Crippen MR) is 73.7 cm³/mol. The van der Waals surface area contributed by atoms with Gasteiger partial charge in [-0.05, 0) is 44.4 Å². The van der Waals surface area contributed by atoms with E-state index in [1.807, 2.05) is 6.92 Å². The molecular formula is C13H18N2O3S. The highest BCUT2D eigenvalue weighted by Gasteiger charge is 2.33. The number of hydrogen-bond acceptors (Lipinski definition) is 4. The molecule has 1 aromatic rings. The Labute approximate surface area is 113 Å². The Hall–Kier alpha value is -1.56. The smallest absolute Gasteiger partial charge is 0.251 e. The lowest BCUT2D eigenvalue weighted by Crippen LogP contribution is -2.50. The molecule has 0 unspecified atom stereocenters. The molecule has 0 saturated heterocycles. The SMILES string of the molecule is CC1(NC(=O)c2cc(N)cc(S(C)(=O)=O)c2)CCC1. The number of rotatable bonds is 3. The van der Waals surface area contributed by atoms with Crippen LogP contribution in [-0.4, -0.2) is 26.1 Å². The van der Waals surface area contributed by atoms with Crippen molar-refractivity contribution in [2.45, 2.75) is 36.6 Å². The number of benzene rings is 1. The molecule has 6 heteroatoms. The molecule has 0 bridgehead atoms. The number of amides is 1. The van der Waals surface area contributed by atoms with Crippen LogP contribution in [0.3, 0.4) is 0 Å². The number of sulfone groups is 1. The summed E-state index contributed by atoms with van der Waals surface area (Å²) in [4.78, 5) is 12.2. The number of anilines is 1. The first kappa shape index (κ1) is 13.9. The zero-order chi connectivity index (χ0) is 14.3. The van der Waals surface area contributed by atoms with Crippen molar-refractivity contribution in [1.29, 1.82) is 0 Å². The summed E-state index contributed by atoms with van der Waals surface area (Å²) in [7, 11) is -3.38. The van der Waals surface area contributed by atoms with Gasteiger partial charge in [-0.2, -0.15) is 0 Å². The normalized spacial score (nSPS) is 17.6. The summed E-state index contributed by atoms with van der Waals surface area (Å²) in [5.74, 6) is -0.278. The van der Waals surface area contributed by atoms with Gasteiger partial charge in [0, 0.05) is 23.0 Å². The minimum absolute atomic E-state index is 0.0661. The highest BCUT2D eigenvalue weighted by Crippen LogP contribution is 2.31. The fourth-order valence-electron chi connectivity index (χ4n) is 2.15. The van der Waals surface area contributed by atoms with E-state index in [-0.39, 0.29) is 27.6 Å². The summed E-state index contributed by atoms with van der Waals surface area (Å²) in [5.41, 5.74) is 6.04. The molecule has 1 fully saturated rings. The number of carbonyl (C=O) groups is 1. The Morgan fingerprint density at radius 2 is 1.95 bits per heavy atom. The van der Waals surface area contributed by atoms with Crippen molar-refractivity contribution in [2.75, 3.05) is 12.0 Å². The highest BCUT2D eigenvalue weighted by atomic mass is 32.2. The number of hydrogen-bond donors (Lipinski definition) is 2. The summed E-state index contributed by atoms with van der Waals surface area (Å²) < 4.78 is 23.1. The van der Waals surface area contributed by atoms with Crippen LogP contribution < -0.4 is 11.1 Å². The maximum Gasteiger partial charge on any atom is 0.251 e. The second-order valence-electron chi connectivity index (χ2n) is 5.43. The van der Waals surface area contributed by atoms with Gasteiger partial charge in [0.2, 0.25) is 0 Å². The molecule has 0 aromatic heterocycles. The third-order valence-corrected chi connectivity index (χ3v) is 4.58. The van der Waals surface area contributed by atoms with Crippen LogP contribution in [0, 0.1) is 0 Å². The molecular weight excluding hydrogens is 264 g/mol. The average Bonchev–Trinajstić information content (AvgIpc) is 2.24. The third kappa shape index (κ3) is 3.07. The summed E-state index contributed by atoms with van der Waals surface area (Å²) in [6, 6.07) is 4.21. The van der Waals surface area contributed by atoms with Crippen molar-refractivity contribution >= 4 is 21.4 Å². The minimum Gasteiger partial charge on any atom is -0.399 e. The molecule has 0 radical (unpaired) electrons. The van der Waals surface area contributed by atoms with Gasteiger partial charge in [-0.1, -0.05) is 0 Å². The second kappa shape index (κ2) is 4.52. The van der Waals surface area contributed by atoms with Crippen molar-refractivity contribution < 1.29 is 13.2 Å². The fraction of sp³-hybridized carbons (Fsp3) is 0.462. The van der Waals surface area contributed by atoms with E-state index in [0.29, 0.717) is 0 Å². The molecule has 3 N–H and O–H groups in total. The Morgan fingerprint density at radius 3 is 2.42 bits per heavy atom. The Bertz CT molecular complexity index is 619. The zero-order valence-electron chi connectivity index (χ0n) is 11.1. The molecule has 104 valence electrons. The molecule has 1 aromatic carbocycles. The van der Waals surface area contributed by atoms with Crippen molar-refractivity contribution in [1.82, 2.24) is 5.32 Å². The van der Waals surface area contributed by atoms with Gasteiger partial charge < -0.3 is 11.1 Å². The van der Waals surface area contributed by atoms with Gasteiger partial charge in [-0.25, -0.2) is 8.42 Å². The first-order valence-electron chi connectivity index (χ1n) is 6.13. The van der Waals surface area contributed by atoms with E-state index in [4.69, 9.17) is 5.73 Å². The molecule has 19 heavy (non-hydrogen) atoms. The highest BCUT2D eigenvalue weighted by molar-refractivity contribution is 7.90. The van der Waals surface area contributed by atoms with Crippen LogP contribution in [0.25, 0.3) is 0 Å². The summed E-state index contributed by atoms with van der Waals surface area (Å²) >= 11 is 0. The van der Waals surface area contributed by atoms with Gasteiger partial charge in [0.25, 0.3) is 5.91 Å². The maximum atomic E-state index is 12.1. The zero-order valence-corrected chi connectivity index (χ0v) is 11.9. The van der Waals surface area contributed by atoms with Crippen molar-refractivity contribution in [2.24, 2.45) is 0 Å². The van der Waals surface area contributed by atoms with E-state index >= 15 is 0 Å². The van der Waals surface area contributed by atoms with Crippen molar-refractivity contribution in [3.05, 3.63) is 23.8 Å². The van der Waals surface area contributed by atoms with Crippen molar-refractivity contribution in [3.63, 3.8) is 0 Å². The van der Waals surface area contributed by atoms with E-state index in [0.717, 1.165) is 25.5 Å². The van der Waals surface area contributed by atoms with E-state index in [9.17, 15) is 13.2 Å². The van der Waals surface area contributed by atoms with Gasteiger partial charge in [-0.15, -0.1) is 0 Å². The number of carbonyl (C=O) groups excluding carboxylic acids is 1. The predicted octanol–water partition coefficient (Wildman–Crippen LogP) is 1.34. The third-order valence-electron chi connectivity index (χ3n) is 3.49. The van der Waals surface area contributed by atoms with Crippen LogP contribution in [0.1, 0.15) is 36.5 Å². The number of nitrogens with one attached hydrogen (secondary N) is 1. The molecule has 1 saturated carbocycles. The molecule has 0 spiro atoms. The molecule has 5 nitrogen and oxygen atoms in total. The second-order valence-corrected chi connectivity index (χ2v) is 7.45. The first-order chi connectivity index (χ1) is 8.70. The van der Waals surface area contributed by atoms with E-state index < -0.39 is 9.84 Å². The van der Waals surface area contributed by atoms with Gasteiger partial charge in [0.05, 0.1) is 4.90 Å². The average molecular weight is 282 g/mol. The molecule has 1 aliphatic carbocycles. The quantitative estimate of drug-likeness (QED) is 0.819. The lowest BCUT2D eigenvalue weighted by Gasteiger charge is -2.39. The van der Waals surface area contributed by atoms with Crippen LogP contribution in [-0.2, 0) is 9.84 Å². The maximum absolute atomic E-state index is 12.1. The van der Waals surface area contributed by atoms with Crippen LogP contribution >= 0.6 is 0 Å². The lowest BCUT2D eigenvalue weighted by atomic mass is 9.78. The van der Waals surface area contributed by atoms with Crippen LogP contribution in [0.4, 0.5) is 5.69 Å². The molecule has 1 aliphatic rings. The molecule has 2 rings (SSSR count). The van der Waals surface area contributed by atoms with Crippen LogP contribution in [0.2, 0.25) is 0 Å². The standard InChI is InChI=1S/C13H18N2O3S/c1-13(4-3-5-13)15-12(16)9-6-10(14)8-11(7-9)19(2,17)18/h6-8H,3-5,14H2,1-2H3,(H,15,16). The van der Waals surface area contributed by atoms with Crippen LogP contribution in [0.5, 0.6) is 0 Å². The largest absolute Gasteiger partial charge is 0.399 e. The summed E-state index contributed by atoms with van der Waals surface area (Å²) in [5, 5.41) is 2.93. The number of nitrogens with two attached hydrogens (primary N) is 1. The van der Waals surface area contributed by atoms with E-state index in [2.05, 4.69) is 5.32 Å². The minimum atomic E-state index is -3.38. The Morgan fingerprint density at radius 1 is 1.32 bits per heavy atom. The molecule has 1 amide bonds. The van der Waals surface area contributed by atoms with Gasteiger partial charge in [0.1, 0.15) is 0 Å².